The van der Waals surface area contributed by atoms with Gasteiger partial charge in [-0.05, 0) is 0 Å². The van der Waals surface area contributed by atoms with Gasteiger partial charge in [-0.1, -0.05) is 0 Å². The first-order valence-electron chi connectivity index (χ1n) is 7.36. The van der Waals surface area contributed by atoms with Crippen LogP contribution in [-0.4, -0.2) is 116 Å². The smallest absolute Gasteiger partial charge is 0.396 e. The molecule has 9 N–H and O–H groups in total. The fraction of sp³-hybridized carbons (Fsp3) is 1.00. The Hall–Kier alpha value is -0.170. The molecule has 0 atom stereocenters. The van der Waals surface area contributed by atoms with Gasteiger partial charge in [0, 0.05) is 11.8 Å². The van der Waals surface area contributed by atoms with Crippen molar-refractivity contribution in [1.29, 1.82) is 0 Å². The largest absolute Gasteiger partial charge is 0.466 e. The molecule has 0 aromatic carbocycles. The Morgan fingerprint density at radius 2 is 0.958 bits per heavy atom. The Kier molecular flexibility index (Phi) is 14.2. The second-order valence-electron chi connectivity index (χ2n) is 5.64. The molecule has 0 radical (unpaired) electrons. The predicted molar refractivity (Wildman–Crippen MR) is 83.6 cm³/mol. The Balaban J connectivity index is 0. The molecule has 0 rings (SSSR count). The quantitative estimate of drug-likeness (QED) is 0.119. The first-order valence-corrected chi connectivity index (χ1v) is 8.92. The molecule has 0 aliphatic carbocycles. The van der Waals surface area contributed by atoms with Crippen molar-refractivity contribution in [1.82, 2.24) is 0 Å². The molecule has 0 saturated heterocycles. The van der Waals surface area contributed by atoms with Crippen molar-refractivity contribution in [3.05, 3.63) is 0 Å². The number of aliphatic hydroxyl groups is 6. The van der Waals surface area contributed by atoms with Gasteiger partial charge < -0.3 is 49.8 Å². The molecule has 11 nitrogen and oxygen atoms in total. The summed E-state index contributed by atoms with van der Waals surface area (Å²) in [5.74, 6) is 0. The molecular weight excluding hydrogens is 349 g/mol. The number of phosphoric acid groups is 1. The van der Waals surface area contributed by atoms with Crippen LogP contribution in [-0.2, 0) is 4.57 Å². The van der Waals surface area contributed by atoms with E-state index in [1.165, 1.54) is 0 Å². The Morgan fingerprint density at radius 3 is 1.17 bits per heavy atom. The van der Waals surface area contributed by atoms with Crippen LogP contribution in [0.25, 0.3) is 0 Å². The summed E-state index contributed by atoms with van der Waals surface area (Å²) in [6, 6.07) is 0. The molecule has 0 aromatic rings. The summed E-state index contributed by atoms with van der Waals surface area (Å²) in [4.78, 5) is 21.6. The third kappa shape index (κ3) is 12.2. The monoisotopic (exact) mass is 380 g/mol. The maximum Gasteiger partial charge on any atom is 0.466 e. The summed E-state index contributed by atoms with van der Waals surface area (Å²) >= 11 is 0. The van der Waals surface area contributed by atoms with Gasteiger partial charge in [-0.2, -0.15) is 0 Å². The molecular formula is C12H31NO10P+. The van der Waals surface area contributed by atoms with E-state index in [0.717, 1.165) is 0 Å². The highest BCUT2D eigenvalue weighted by Gasteiger charge is 2.34. The average Bonchev–Trinajstić information content (AvgIpc) is 2.48. The van der Waals surface area contributed by atoms with Crippen molar-refractivity contribution in [2.24, 2.45) is 5.41 Å². The van der Waals surface area contributed by atoms with Gasteiger partial charge in [0.1, 0.15) is 19.6 Å². The van der Waals surface area contributed by atoms with Crippen molar-refractivity contribution >= 4 is 7.82 Å². The van der Waals surface area contributed by atoms with Crippen LogP contribution in [0, 0.1) is 5.41 Å². The van der Waals surface area contributed by atoms with Gasteiger partial charge >= 0.3 is 7.82 Å². The van der Waals surface area contributed by atoms with E-state index in [0.29, 0.717) is 37.1 Å². The van der Waals surface area contributed by atoms with Crippen LogP contribution in [0.1, 0.15) is 6.42 Å². The van der Waals surface area contributed by atoms with Gasteiger partial charge in [0.05, 0.1) is 46.2 Å². The molecule has 0 aliphatic heterocycles. The highest BCUT2D eigenvalue weighted by molar-refractivity contribution is 7.45. The molecule has 0 saturated carbocycles. The van der Waals surface area contributed by atoms with Crippen molar-refractivity contribution in [2.45, 2.75) is 6.42 Å². The fourth-order valence-electron chi connectivity index (χ4n) is 2.17. The van der Waals surface area contributed by atoms with E-state index in [1.54, 1.807) is 0 Å². The zero-order chi connectivity index (χ0) is 19.3. The van der Waals surface area contributed by atoms with E-state index >= 15 is 0 Å². The van der Waals surface area contributed by atoms with E-state index in [-0.39, 0.29) is 39.6 Å². The summed E-state index contributed by atoms with van der Waals surface area (Å²) in [6.45, 7) is 0.326. The van der Waals surface area contributed by atoms with Crippen LogP contribution in [0.2, 0.25) is 0 Å². The number of nitrogens with zero attached hydrogens (tertiary/aromatic N) is 1. The maximum atomic E-state index is 9.29. The second kappa shape index (κ2) is 13.1. The predicted octanol–water partition coefficient (Wildman–Crippen LogP) is -3.80. The van der Waals surface area contributed by atoms with E-state index in [9.17, 15) is 15.3 Å². The molecule has 0 aliphatic rings. The van der Waals surface area contributed by atoms with Crippen LogP contribution in [0.3, 0.4) is 0 Å². The minimum absolute atomic E-state index is 0.0790. The van der Waals surface area contributed by atoms with E-state index in [1.807, 2.05) is 0 Å². The third-order valence-corrected chi connectivity index (χ3v) is 3.85. The van der Waals surface area contributed by atoms with Crippen LogP contribution < -0.4 is 0 Å². The minimum atomic E-state index is -4.64. The maximum absolute atomic E-state index is 9.29. The lowest BCUT2D eigenvalue weighted by atomic mass is 9.86. The van der Waals surface area contributed by atoms with Gasteiger partial charge in [0.15, 0.2) is 0 Å². The first-order chi connectivity index (χ1) is 11.1. The lowest BCUT2D eigenvalue weighted by molar-refractivity contribution is -0.929. The fourth-order valence-corrected chi connectivity index (χ4v) is 2.17. The topological polar surface area (TPSA) is 199 Å². The summed E-state index contributed by atoms with van der Waals surface area (Å²) < 4.78 is 9.18. The average molecular weight is 380 g/mol. The molecule has 0 aromatic heterocycles. The van der Waals surface area contributed by atoms with E-state index in [2.05, 4.69) is 0 Å². The van der Waals surface area contributed by atoms with Crippen molar-refractivity contribution in [3.63, 3.8) is 0 Å². The molecule has 0 spiro atoms. The van der Waals surface area contributed by atoms with Crippen LogP contribution in [0.15, 0.2) is 0 Å². The zero-order valence-corrected chi connectivity index (χ0v) is 14.5. The molecule has 12 heteroatoms. The number of hydrogen-bond acceptors (Lipinski definition) is 7. The van der Waals surface area contributed by atoms with Gasteiger partial charge in [-0.3, -0.25) is 0 Å². The molecule has 0 heterocycles. The highest BCUT2D eigenvalue weighted by atomic mass is 31.2. The third-order valence-electron chi connectivity index (χ3n) is 3.85. The standard InChI is InChI=1S/C12H28NO6.H3O4P/c14-6-3-13(4-7-15,5-8-16)2-1-12(9-17,10-18)11-19;1-5(2,3)4/h14-19H,1-11H2;(H3,1,2,3,4)/q+1;. The Morgan fingerprint density at radius 1 is 0.667 bits per heavy atom. The number of hydrogen-bond donors (Lipinski definition) is 9. The zero-order valence-electron chi connectivity index (χ0n) is 13.6. The van der Waals surface area contributed by atoms with Crippen molar-refractivity contribution in [3.8, 4) is 0 Å². The minimum Gasteiger partial charge on any atom is -0.396 e. The summed E-state index contributed by atoms with van der Waals surface area (Å²) in [5.41, 5.74) is -0.968. The Labute approximate surface area is 140 Å². The molecule has 0 fully saturated rings. The van der Waals surface area contributed by atoms with Crippen molar-refractivity contribution in [2.75, 3.05) is 65.8 Å². The lowest BCUT2D eigenvalue weighted by Gasteiger charge is -2.40. The van der Waals surface area contributed by atoms with Crippen molar-refractivity contribution < 1.29 is 54.4 Å². The van der Waals surface area contributed by atoms with E-state index < -0.39 is 13.2 Å². The highest BCUT2D eigenvalue weighted by Crippen LogP contribution is 2.26. The summed E-state index contributed by atoms with van der Waals surface area (Å²) in [7, 11) is -4.64. The van der Waals surface area contributed by atoms with Crippen LogP contribution in [0.4, 0.5) is 0 Å². The van der Waals surface area contributed by atoms with Crippen LogP contribution >= 0.6 is 7.82 Å². The molecule has 0 unspecified atom stereocenters. The second-order valence-corrected chi connectivity index (χ2v) is 6.67. The molecule has 0 bridgehead atoms. The number of aliphatic hydroxyl groups excluding tert-OH is 6. The van der Waals surface area contributed by atoms with Gasteiger partial charge in [0.2, 0.25) is 0 Å². The van der Waals surface area contributed by atoms with E-state index in [4.69, 9.17) is 34.6 Å². The van der Waals surface area contributed by atoms with Gasteiger partial charge in [-0.25, -0.2) is 4.57 Å². The van der Waals surface area contributed by atoms with Gasteiger partial charge in [-0.15, -0.1) is 0 Å². The first kappa shape index (κ1) is 26.1. The molecule has 148 valence electrons. The SMILES string of the molecule is O=P(O)(O)O.OCC[N+](CCO)(CCO)CCC(CO)(CO)CO. The molecule has 0 amide bonds. The van der Waals surface area contributed by atoms with Gasteiger partial charge in [0.25, 0.3) is 0 Å². The summed E-state index contributed by atoms with van der Waals surface area (Å²) in [5, 5.41) is 55.3. The Bertz CT molecular complexity index is 313. The number of quaternary nitrogens is 1. The number of rotatable bonds is 12. The normalized spacial score (nSPS) is 12.7. The van der Waals surface area contributed by atoms with Crippen LogP contribution in [0.5, 0.6) is 0 Å². The molecule has 24 heavy (non-hydrogen) atoms. The lowest BCUT2D eigenvalue weighted by Crippen LogP contribution is -2.55. The summed E-state index contributed by atoms with van der Waals surface area (Å²) in [6.07, 6.45) is 0.344.